The highest BCUT2D eigenvalue weighted by Crippen LogP contribution is 2.24. The average Bonchev–Trinajstić information content (AvgIpc) is 2.20. The van der Waals surface area contributed by atoms with Crippen molar-refractivity contribution in [2.45, 2.75) is 45.4 Å². The van der Waals surface area contributed by atoms with Gasteiger partial charge in [-0.3, -0.25) is 0 Å². The van der Waals surface area contributed by atoms with Crippen molar-refractivity contribution in [3.05, 3.63) is 34.9 Å². The maximum atomic E-state index is 12.0. The minimum atomic E-state index is -4.19. The molecule has 1 atom stereocenters. The summed E-state index contributed by atoms with van der Waals surface area (Å²) >= 11 is 0. The van der Waals surface area contributed by atoms with Gasteiger partial charge in [0.2, 0.25) is 0 Å². The molecular weight excluding hydrogens is 229 g/mol. The van der Waals surface area contributed by atoms with Gasteiger partial charge in [0.1, 0.15) is 0 Å². The molecule has 1 unspecified atom stereocenters. The van der Waals surface area contributed by atoms with Crippen molar-refractivity contribution >= 4 is 0 Å². The van der Waals surface area contributed by atoms with E-state index in [-0.39, 0.29) is 12.8 Å². The minimum Gasteiger partial charge on any atom is -0.393 e. The lowest BCUT2D eigenvalue weighted by molar-refractivity contribution is -0.139. The molecule has 96 valence electrons. The smallest absolute Gasteiger partial charge is 0.389 e. The average molecular weight is 246 g/mol. The van der Waals surface area contributed by atoms with Crippen molar-refractivity contribution in [3.63, 3.8) is 0 Å². The van der Waals surface area contributed by atoms with Crippen LogP contribution in [0, 0.1) is 13.8 Å². The van der Waals surface area contributed by atoms with Gasteiger partial charge >= 0.3 is 6.18 Å². The topological polar surface area (TPSA) is 20.2 Å². The molecular formula is C13H17F3O. The van der Waals surface area contributed by atoms with Crippen LogP contribution in [0.1, 0.15) is 29.5 Å². The van der Waals surface area contributed by atoms with E-state index in [1.54, 1.807) is 0 Å². The number of benzene rings is 1. The van der Waals surface area contributed by atoms with Gasteiger partial charge in [-0.2, -0.15) is 13.2 Å². The molecule has 0 saturated carbocycles. The molecule has 4 heteroatoms. The van der Waals surface area contributed by atoms with Crippen LogP contribution in [0.4, 0.5) is 13.2 Å². The molecule has 0 bridgehead atoms. The molecule has 1 nitrogen and oxygen atoms in total. The summed E-state index contributed by atoms with van der Waals surface area (Å²) in [5.41, 5.74) is 2.97. The van der Waals surface area contributed by atoms with Crippen LogP contribution in [0.25, 0.3) is 0 Å². The Morgan fingerprint density at radius 1 is 1.18 bits per heavy atom. The van der Waals surface area contributed by atoms with E-state index in [1.807, 2.05) is 32.0 Å². The van der Waals surface area contributed by atoms with Crippen LogP contribution in [0.3, 0.4) is 0 Å². The first kappa shape index (κ1) is 14.0. The summed E-state index contributed by atoms with van der Waals surface area (Å²) < 4.78 is 36.0. The van der Waals surface area contributed by atoms with E-state index in [4.69, 9.17) is 0 Å². The number of aryl methyl sites for hydroxylation is 2. The molecule has 1 aromatic carbocycles. The number of aliphatic hydroxyl groups is 1. The zero-order chi connectivity index (χ0) is 13.1. The Bertz CT molecular complexity index is 351. The predicted octanol–water partition coefficient (Wildman–Crippen LogP) is 3.55. The van der Waals surface area contributed by atoms with Crippen molar-refractivity contribution in [1.82, 2.24) is 0 Å². The lowest BCUT2D eigenvalue weighted by Crippen LogP contribution is -2.17. The second kappa shape index (κ2) is 5.54. The molecule has 0 radical (unpaired) electrons. The van der Waals surface area contributed by atoms with Gasteiger partial charge in [0, 0.05) is 6.42 Å². The summed E-state index contributed by atoms with van der Waals surface area (Å²) in [6.45, 7) is 3.80. The Morgan fingerprint density at radius 2 is 1.71 bits per heavy atom. The van der Waals surface area contributed by atoms with Gasteiger partial charge < -0.3 is 5.11 Å². The number of hydrogen-bond donors (Lipinski definition) is 1. The maximum Gasteiger partial charge on any atom is 0.389 e. The number of rotatable bonds is 4. The summed E-state index contributed by atoms with van der Waals surface area (Å²) in [7, 11) is 0. The van der Waals surface area contributed by atoms with Gasteiger partial charge in [-0.25, -0.2) is 0 Å². The number of aliphatic hydroxyl groups excluding tert-OH is 1. The quantitative estimate of drug-likeness (QED) is 0.861. The predicted molar refractivity (Wildman–Crippen MR) is 60.9 cm³/mol. The van der Waals surface area contributed by atoms with Crippen LogP contribution in [-0.4, -0.2) is 17.4 Å². The normalized spacial score (nSPS) is 13.8. The number of hydrogen-bond acceptors (Lipinski definition) is 1. The van der Waals surface area contributed by atoms with E-state index in [0.29, 0.717) is 0 Å². The molecule has 1 N–H and O–H groups in total. The highest BCUT2D eigenvalue weighted by Gasteiger charge is 2.28. The molecule has 0 aromatic heterocycles. The molecule has 0 amide bonds. The number of alkyl halides is 3. The fourth-order valence-electron chi connectivity index (χ4n) is 1.84. The van der Waals surface area contributed by atoms with E-state index < -0.39 is 18.7 Å². The summed E-state index contributed by atoms with van der Waals surface area (Å²) in [4.78, 5) is 0. The first-order chi connectivity index (χ1) is 7.79. The van der Waals surface area contributed by atoms with Gasteiger partial charge in [-0.1, -0.05) is 18.2 Å². The second-order valence-electron chi connectivity index (χ2n) is 4.38. The highest BCUT2D eigenvalue weighted by atomic mass is 19.4. The van der Waals surface area contributed by atoms with E-state index in [2.05, 4.69) is 0 Å². The third-order valence-electron chi connectivity index (χ3n) is 2.85. The zero-order valence-corrected chi connectivity index (χ0v) is 10.0. The first-order valence-electron chi connectivity index (χ1n) is 5.59. The summed E-state index contributed by atoms with van der Waals surface area (Å²) in [5, 5.41) is 9.61. The monoisotopic (exact) mass is 246 g/mol. The Hall–Kier alpha value is -1.03. The summed E-state index contributed by atoms with van der Waals surface area (Å²) in [6.07, 6.45) is -6.01. The Labute approximate surface area is 99.3 Å². The van der Waals surface area contributed by atoms with E-state index in [1.165, 1.54) is 0 Å². The van der Waals surface area contributed by atoms with Crippen molar-refractivity contribution in [2.24, 2.45) is 0 Å². The van der Waals surface area contributed by atoms with Gasteiger partial charge in [-0.05, 0) is 43.4 Å². The molecule has 0 aliphatic carbocycles. The van der Waals surface area contributed by atoms with Crippen LogP contribution < -0.4 is 0 Å². The van der Waals surface area contributed by atoms with Gasteiger partial charge in [0.05, 0.1) is 6.10 Å². The molecule has 0 heterocycles. The molecule has 1 aromatic rings. The molecule has 1 rings (SSSR count). The van der Waals surface area contributed by atoms with Gasteiger partial charge in [-0.15, -0.1) is 0 Å². The van der Waals surface area contributed by atoms with Crippen LogP contribution in [0.15, 0.2) is 18.2 Å². The largest absolute Gasteiger partial charge is 0.393 e. The third-order valence-corrected chi connectivity index (χ3v) is 2.85. The van der Waals surface area contributed by atoms with Crippen LogP contribution in [0.5, 0.6) is 0 Å². The van der Waals surface area contributed by atoms with Crippen LogP contribution in [-0.2, 0) is 6.42 Å². The van der Waals surface area contributed by atoms with E-state index >= 15 is 0 Å². The summed E-state index contributed by atoms with van der Waals surface area (Å²) in [6, 6.07) is 5.70. The maximum absolute atomic E-state index is 12.0. The molecule has 0 spiro atoms. The lowest BCUT2D eigenvalue weighted by Gasteiger charge is -2.15. The number of halogens is 3. The molecule has 0 aliphatic heterocycles. The van der Waals surface area contributed by atoms with Crippen LogP contribution >= 0.6 is 0 Å². The summed E-state index contributed by atoms with van der Waals surface area (Å²) in [5.74, 6) is 0. The van der Waals surface area contributed by atoms with Crippen molar-refractivity contribution < 1.29 is 18.3 Å². The van der Waals surface area contributed by atoms with Gasteiger partial charge in [0.15, 0.2) is 0 Å². The lowest BCUT2D eigenvalue weighted by atomic mass is 9.96. The standard InChI is InChI=1S/C13H17F3O/c1-9-4-3-5-10(2)12(9)8-11(17)6-7-13(14,15)16/h3-5,11,17H,6-8H2,1-2H3. The second-order valence-corrected chi connectivity index (χ2v) is 4.38. The van der Waals surface area contributed by atoms with Crippen LogP contribution in [0.2, 0.25) is 0 Å². The molecule has 0 saturated heterocycles. The Kier molecular flexibility index (Phi) is 4.57. The Balaban J connectivity index is 2.59. The fourth-order valence-corrected chi connectivity index (χ4v) is 1.84. The van der Waals surface area contributed by atoms with Crippen molar-refractivity contribution in [2.75, 3.05) is 0 Å². The van der Waals surface area contributed by atoms with Crippen molar-refractivity contribution in [1.29, 1.82) is 0 Å². The fraction of sp³-hybridized carbons (Fsp3) is 0.538. The first-order valence-corrected chi connectivity index (χ1v) is 5.59. The zero-order valence-electron chi connectivity index (χ0n) is 10.0. The Morgan fingerprint density at radius 3 is 2.18 bits per heavy atom. The molecule has 17 heavy (non-hydrogen) atoms. The third kappa shape index (κ3) is 4.77. The minimum absolute atomic E-state index is 0.239. The van der Waals surface area contributed by atoms with E-state index in [0.717, 1.165) is 16.7 Å². The molecule has 0 aliphatic rings. The van der Waals surface area contributed by atoms with Gasteiger partial charge in [0.25, 0.3) is 0 Å². The van der Waals surface area contributed by atoms with E-state index in [9.17, 15) is 18.3 Å². The molecule has 0 fully saturated rings. The SMILES string of the molecule is Cc1cccc(C)c1CC(O)CCC(F)(F)F. The van der Waals surface area contributed by atoms with Crippen molar-refractivity contribution in [3.8, 4) is 0 Å². The highest BCUT2D eigenvalue weighted by molar-refractivity contribution is 5.33.